The monoisotopic (exact) mass is 196 g/mol. The van der Waals surface area contributed by atoms with Crippen molar-refractivity contribution in [3.05, 3.63) is 54.1 Å². The lowest BCUT2D eigenvalue weighted by Gasteiger charge is -1.89. The van der Waals surface area contributed by atoms with Crippen molar-refractivity contribution in [3.8, 4) is 0 Å². The molecule has 1 aromatic rings. The van der Waals surface area contributed by atoms with E-state index in [-0.39, 0.29) is 6.61 Å². The minimum atomic E-state index is 0.0833. The molecule has 0 atom stereocenters. The highest BCUT2D eigenvalue weighted by Crippen LogP contribution is 2.09. The molecule has 0 heterocycles. The van der Waals surface area contributed by atoms with Gasteiger partial charge >= 0.3 is 0 Å². The Labute approximate surface area is 84.0 Å². The largest absolute Gasteiger partial charge is 0.392 e. The molecule has 0 saturated carbocycles. The van der Waals surface area contributed by atoms with Gasteiger partial charge in [0.25, 0.3) is 0 Å². The second-order valence-electron chi connectivity index (χ2n) is 2.23. The first-order valence-electron chi connectivity index (χ1n) is 3.84. The summed E-state index contributed by atoms with van der Waals surface area (Å²) in [5.41, 5.74) is 1.10. The van der Waals surface area contributed by atoms with Crippen LogP contribution >= 0.6 is 11.6 Å². The van der Waals surface area contributed by atoms with Crippen LogP contribution in [0.15, 0.2) is 43.5 Å². The van der Waals surface area contributed by atoms with Crippen LogP contribution < -0.4 is 0 Å². The molecule has 70 valence electrons. The van der Waals surface area contributed by atoms with Crippen molar-refractivity contribution in [1.82, 2.24) is 0 Å². The first-order chi connectivity index (χ1) is 6.24. The quantitative estimate of drug-likeness (QED) is 0.721. The molecule has 0 saturated heterocycles. The number of hydrogen-bond acceptors (Lipinski definition) is 1. The van der Waals surface area contributed by atoms with Gasteiger partial charge in [-0.05, 0) is 17.7 Å². The molecule has 1 nitrogen and oxygen atoms in total. The summed E-state index contributed by atoms with van der Waals surface area (Å²) in [5.74, 6) is 0. The molecule has 0 unspecified atom stereocenters. The Morgan fingerprint density at radius 2 is 1.69 bits per heavy atom. The van der Waals surface area contributed by atoms with Gasteiger partial charge in [0, 0.05) is 5.02 Å². The molecular weight excluding hydrogens is 184 g/mol. The predicted octanol–water partition coefficient (Wildman–Crippen LogP) is 3.15. The molecule has 0 radical (unpaired) electrons. The number of hydrogen-bond donors (Lipinski definition) is 1. The van der Waals surface area contributed by atoms with Crippen molar-refractivity contribution in [2.75, 3.05) is 6.61 Å². The normalized spacial score (nSPS) is 8.15. The molecule has 1 N–H and O–H groups in total. The molecule has 1 aromatic carbocycles. The molecule has 2 heteroatoms. The number of rotatable bonds is 2. The van der Waals surface area contributed by atoms with Crippen LogP contribution in [0.25, 0.3) is 6.08 Å². The van der Waals surface area contributed by atoms with Gasteiger partial charge in [0.15, 0.2) is 0 Å². The average Bonchev–Trinajstić information content (AvgIpc) is 2.19. The number of benzene rings is 1. The van der Waals surface area contributed by atoms with E-state index in [0.717, 1.165) is 10.6 Å². The SMILES string of the molecule is C=CCO.C=Cc1ccc(Cl)cc1. The van der Waals surface area contributed by atoms with Crippen LogP contribution in [0.2, 0.25) is 5.02 Å². The summed E-state index contributed by atoms with van der Waals surface area (Å²) in [6.45, 7) is 6.93. The van der Waals surface area contributed by atoms with E-state index in [0.29, 0.717) is 0 Å². The van der Waals surface area contributed by atoms with E-state index in [1.807, 2.05) is 24.3 Å². The van der Waals surface area contributed by atoms with Crippen LogP contribution in [0.4, 0.5) is 0 Å². The fraction of sp³-hybridized carbons (Fsp3) is 0.0909. The Hall–Kier alpha value is -1.05. The lowest BCUT2D eigenvalue weighted by molar-refractivity contribution is 0.343. The molecule has 13 heavy (non-hydrogen) atoms. The molecule has 0 aromatic heterocycles. The first kappa shape index (κ1) is 11.9. The van der Waals surface area contributed by atoms with Gasteiger partial charge in [0.2, 0.25) is 0 Å². The summed E-state index contributed by atoms with van der Waals surface area (Å²) in [4.78, 5) is 0. The molecule has 0 aliphatic heterocycles. The molecule has 0 spiro atoms. The molecule has 0 fully saturated rings. The maximum Gasteiger partial charge on any atom is 0.0609 e. The zero-order valence-corrected chi connectivity index (χ0v) is 8.17. The lowest BCUT2D eigenvalue weighted by atomic mass is 10.2. The van der Waals surface area contributed by atoms with E-state index < -0.39 is 0 Å². The Morgan fingerprint density at radius 1 is 1.23 bits per heavy atom. The highest BCUT2D eigenvalue weighted by Gasteiger charge is 1.84. The van der Waals surface area contributed by atoms with Gasteiger partial charge in [0.05, 0.1) is 6.61 Å². The van der Waals surface area contributed by atoms with Crippen LogP contribution in [0.3, 0.4) is 0 Å². The van der Waals surface area contributed by atoms with Gasteiger partial charge in [0.1, 0.15) is 0 Å². The minimum Gasteiger partial charge on any atom is -0.392 e. The third-order valence-corrected chi connectivity index (χ3v) is 1.49. The summed E-state index contributed by atoms with van der Waals surface area (Å²) in [5, 5.41) is 8.52. The van der Waals surface area contributed by atoms with Crippen LogP contribution in [0, 0.1) is 0 Å². The van der Waals surface area contributed by atoms with E-state index >= 15 is 0 Å². The fourth-order valence-electron chi connectivity index (χ4n) is 0.599. The molecule has 0 amide bonds. The van der Waals surface area contributed by atoms with Gasteiger partial charge in [-0.1, -0.05) is 42.5 Å². The summed E-state index contributed by atoms with van der Waals surface area (Å²) in [7, 11) is 0. The van der Waals surface area contributed by atoms with E-state index in [1.165, 1.54) is 6.08 Å². The summed E-state index contributed by atoms with van der Waals surface area (Å²) >= 11 is 5.63. The third kappa shape index (κ3) is 6.14. The zero-order valence-electron chi connectivity index (χ0n) is 7.41. The van der Waals surface area contributed by atoms with Crippen molar-refractivity contribution in [2.45, 2.75) is 0 Å². The van der Waals surface area contributed by atoms with Crippen molar-refractivity contribution in [2.24, 2.45) is 0 Å². The Balaban J connectivity index is 0.000000310. The van der Waals surface area contributed by atoms with Crippen LogP contribution in [0.5, 0.6) is 0 Å². The summed E-state index contributed by atoms with van der Waals surface area (Å²) < 4.78 is 0. The lowest BCUT2D eigenvalue weighted by Crippen LogP contribution is -1.67. The standard InChI is InChI=1S/C8H7Cl.C3H6O/c1-2-7-3-5-8(9)6-4-7;1-2-3-4/h2-6H,1H2;2,4H,1,3H2. The molecular formula is C11H13ClO. The van der Waals surface area contributed by atoms with Gasteiger partial charge in [-0.25, -0.2) is 0 Å². The van der Waals surface area contributed by atoms with E-state index in [2.05, 4.69) is 13.2 Å². The van der Waals surface area contributed by atoms with Gasteiger partial charge in [-0.3, -0.25) is 0 Å². The molecule has 0 aliphatic carbocycles. The number of aliphatic hydroxyl groups is 1. The van der Waals surface area contributed by atoms with Gasteiger partial charge < -0.3 is 5.11 Å². The topological polar surface area (TPSA) is 20.2 Å². The Kier molecular flexibility index (Phi) is 6.98. The van der Waals surface area contributed by atoms with Crippen molar-refractivity contribution in [1.29, 1.82) is 0 Å². The average molecular weight is 197 g/mol. The zero-order chi connectivity index (χ0) is 10.1. The second-order valence-corrected chi connectivity index (χ2v) is 2.66. The highest BCUT2D eigenvalue weighted by atomic mass is 35.5. The maximum absolute atomic E-state index is 7.76. The number of aliphatic hydroxyl groups excluding tert-OH is 1. The minimum absolute atomic E-state index is 0.0833. The second kappa shape index (κ2) is 7.59. The van der Waals surface area contributed by atoms with Crippen LogP contribution in [-0.4, -0.2) is 11.7 Å². The van der Waals surface area contributed by atoms with E-state index in [9.17, 15) is 0 Å². The summed E-state index contributed by atoms with van der Waals surface area (Å²) in [6, 6.07) is 7.54. The summed E-state index contributed by atoms with van der Waals surface area (Å²) in [6.07, 6.45) is 3.22. The first-order valence-corrected chi connectivity index (χ1v) is 4.22. The van der Waals surface area contributed by atoms with Crippen molar-refractivity contribution in [3.63, 3.8) is 0 Å². The van der Waals surface area contributed by atoms with Gasteiger partial charge in [-0.15, -0.1) is 6.58 Å². The van der Waals surface area contributed by atoms with Crippen molar-refractivity contribution >= 4 is 17.7 Å². The fourth-order valence-corrected chi connectivity index (χ4v) is 0.725. The Morgan fingerprint density at radius 3 is 2.00 bits per heavy atom. The third-order valence-electron chi connectivity index (χ3n) is 1.23. The van der Waals surface area contributed by atoms with Crippen molar-refractivity contribution < 1.29 is 5.11 Å². The molecule has 0 aliphatic rings. The van der Waals surface area contributed by atoms with E-state index in [4.69, 9.17) is 16.7 Å². The Bertz CT molecular complexity index is 251. The molecule has 0 bridgehead atoms. The highest BCUT2D eigenvalue weighted by molar-refractivity contribution is 6.30. The van der Waals surface area contributed by atoms with E-state index in [1.54, 1.807) is 6.08 Å². The maximum atomic E-state index is 7.76. The predicted molar refractivity (Wildman–Crippen MR) is 58.8 cm³/mol. The van der Waals surface area contributed by atoms with Crippen LogP contribution in [0.1, 0.15) is 5.56 Å². The molecule has 1 rings (SSSR count). The number of halogens is 1. The van der Waals surface area contributed by atoms with Gasteiger partial charge in [-0.2, -0.15) is 0 Å². The van der Waals surface area contributed by atoms with Crippen LogP contribution in [-0.2, 0) is 0 Å². The smallest absolute Gasteiger partial charge is 0.0609 e.